The van der Waals surface area contributed by atoms with Crippen molar-refractivity contribution in [3.63, 3.8) is 0 Å². The molecule has 0 unspecified atom stereocenters. The molecular formula is C9H11N3O2. The average molecular weight is 193 g/mol. The third kappa shape index (κ3) is 1.49. The van der Waals surface area contributed by atoms with E-state index in [9.17, 15) is 0 Å². The van der Waals surface area contributed by atoms with Crippen molar-refractivity contribution in [1.82, 2.24) is 9.94 Å². The van der Waals surface area contributed by atoms with Gasteiger partial charge in [0.2, 0.25) is 0 Å². The topological polar surface area (TPSA) is 73.3 Å². The van der Waals surface area contributed by atoms with E-state index in [1.807, 2.05) is 6.07 Å². The molecule has 1 aromatic heterocycles. The molecule has 14 heavy (non-hydrogen) atoms. The van der Waals surface area contributed by atoms with Crippen LogP contribution in [-0.4, -0.2) is 28.3 Å². The number of hydrogen-bond acceptors (Lipinski definition) is 4. The van der Waals surface area contributed by atoms with E-state index in [1.165, 1.54) is 4.85 Å². The first-order valence-electron chi connectivity index (χ1n) is 4.28. The number of benzene rings is 1. The molecule has 0 aliphatic rings. The number of nitrogen functional groups attached to an aromatic ring is 1. The number of aromatic nitrogens is 2. The summed E-state index contributed by atoms with van der Waals surface area (Å²) in [6.45, 7) is 0.176. The normalized spacial score (nSPS) is 10.6. The van der Waals surface area contributed by atoms with E-state index >= 15 is 0 Å². The maximum Gasteiger partial charge on any atom is 0.140 e. The van der Waals surface area contributed by atoms with Crippen LogP contribution in [0.3, 0.4) is 0 Å². The molecule has 2 rings (SSSR count). The van der Waals surface area contributed by atoms with Gasteiger partial charge in [0.25, 0.3) is 0 Å². The number of aliphatic hydroxyl groups excluding tert-OH is 1. The Bertz CT molecular complexity index is 439. The summed E-state index contributed by atoms with van der Waals surface area (Å²) in [5.41, 5.74) is 7.10. The summed E-state index contributed by atoms with van der Waals surface area (Å²) in [5, 5.41) is 13.6. The Hall–Kier alpha value is -1.75. The van der Waals surface area contributed by atoms with Crippen LogP contribution in [0.4, 0.5) is 5.69 Å². The number of nitrogens with zero attached hydrogens (tertiary/aromatic N) is 2. The van der Waals surface area contributed by atoms with Crippen LogP contribution in [-0.2, 0) is 0 Å². The Balaban J connectivity index is 2.40. The third-order valence-corrected chi connectivity index (χ3v) is 1.87. The smallest absolute Gasteiger partial charge is 0.140 e. The Morgan fingerprint density at radius 3 is 3.14 bits per heavy atom. The van der Waals surface area contributed by atoms with Crippen molar-refractivity contribution in [2.75, 3.05) is 18.9 Å². The van der Waals surface area contributed by atoms with Gasteiger partial charge in [0.15, 0.2) is 0 Å². The first kappa shape index (κ1) is 8.83. The first-order valence-corrected chi connectivity index (χ1v) is 4.28. The van der Waals surface area contributed by atoms with Crippen molar-refractivity contribution in [3.05, 3.63) is 24.4 Å². The van der Waals surface area contributed by atoms with Gasteiger partial charge in [-0.15, -0.1) is 5.10 Å². The maximum atomic E-state index is 8.60. The fourth-order valence-electron chi connectivity index (χ4n) is 1.24. The van der Waals surface area contributed by atoms with Crippen LogP contribution in [0.2, 0.25) is 0 Å². The molecule has 0 bridgehead atoms. The Morgan fingerprint density at radius 2 is 2.36 bits per heavy atom. The van der Waals surface area contributed by atoms with E-state index in [0.717, 1.165) is 10.9 Å². The summed E-state index contributed by atoms with van der Waals surface area (Å²) in [7, 11) is 0. The highest BCUT2D eigenvalue weighted by atomic mass is 16.7. The Labute approximate surface area is 80.7 Å². The zero-order valence-corrected chi connectivity index (χ0v) is 7.55. The van der Waals surface area contributed by atoms with Crippen LogP contribution in [0.15, 0.2) is 24.4 Å². The number of rotatable bonds is 3. The molecule has 0 fully saturated rings. The molecule has 74 valence electrons. The van der Waals surface area contributed by atoms with Gasteiger partial charge in [0.1, 0.15) is 12.1 Å². The van der Waals surface area contributed by atoms with Gasteiger partial charge in [-0.3, -0.25) is 0 Å². The van der Waals surface area contributed by atoms with Crippen LogP contribution < -0.4 is 10.6 Å². The molecular weight excluding hydrogens is 182 g/mol. The average Bonchev–Trinajstić information content (AvgIpc) is 2.57. The van der Waals surface area contributed by atoms with Crippen molar-refractivity contribution in [2.24, 2.45) is 0 Å². The summed E-state index contributed by atoms with van der Waals surface area (Å²) in [4.78, 5) is 6.53. The molecule has 1 aromatic carbocycles. The molecule has 0 saturated heterocycles. The van der Waals surface area contributed by atoms with Gasteiger partial charge in [-0.25, -0.2) is 0 Å². The second-order valence-electron chi connectivity index (χ2n) is 2.89. The molecule has 5 nitrogen and oxygen atoms in total. The predicted molar refractivity (Wildman–Crippen MR) is 52.7 cm³/mol. The summed E-state index contributed by atoms with van der Waals surface area (Å²) in [6, 6.07) is 5.45. The summed E-state index contributed by atoms with van der Waals surface area (Å²) in [5.74, 6) is 0. The minimum atomic E-state index is -0.0380. The predicted octanol–water partition coefficient (Wildman–Crippen LogP) is 0.0394. The van der Waals surface area contributed by atoms with Crippen LogP contribution in [0.25, 0.3) is 10.9 Å². The first-order chi connectivity index (χ1) is 6.81. The SMILES string of the molecule is Nc1ccc2cnn(OCCO)c2c1. The van der Waals surface area contributed by atoms with E-state index in [-0.39, 0.29) is 13.2 Å². The number of nitrogens with two attached hydrogens (primary N) is 1. The second-order valence-corrected chi connectivity index (χ2v) is 2.89. The van der Waals surface area contributed by atoms with E-state index in [0.29, 0.717) is 5.69 Å². The fraction of sp³-hybridized carbons (Fsp3) is 0.222. The van der Waals surface area contributed by atoms with Crippen LogP contribution >= 0.6 is 0 Å². The van der Waals surface area contributed by atoms with Crippen molar-refractivity contribution in [3.8, 4) is 0 Å². The minimum absolute atomic E-state index is 0.0380. The third-order valence-electron chi connectivity index (χ3n) is 1.87. The number of hydrogen-bond donors (Lipinski definition) is 2. The summed E-state index contributed by atoms with van der Waals surface area (Å²) >= 11 is 0. The van der Waals surface area contributed by atoms with Crippen LogP contribution in [0, 0.1) is 0 Å². The largest absolute Gasteiger partial charge is 0.399 e. The monoisotopic (exact) mass is 193 g/mol. The molecule has 2 aromatic rings. The summed E-state index contributed by atoms with van der Waals surface area (Å²) < 4.78 is 0. The minimum Gasteiger partial charge on any atom is -0.399 e. The van der Waals surface area contributed by atoms with E-state index in [1.54, 1.807) is 18.3 Å². The molecule has 5 heteroatoms. The van der Waals surface area contributed by atoms with Gasteiger partial charge in [-0.1, -0.05) is 4.85 Å². The zero-order chi connectivity index (χ0) is 9.97. The molecule has 0 aliphatic carbocycles. The van der Waals surface area contributed by atoms with Gasteiger partial charge in [0, 0.05) is 11.1 Å². The molecule has 0 saturated carbocycles. The van der Waals surface area contributed by atoms with E-state index < -0.39 is 0 Å². The van der Waals surface area contributed by atoms with Gasteiger partial charge in [0.05, 0.1) is 12.8 Å². The fourth-order valence-corrected chi connectivity index (χ4v) is 1.24. The van der Waals surface area contributed by atoms with Gasteiger partial charge in [-0.2, -0.15) is 0 Å². The molecule has 0 radical (unpaired) electrons. The lowest BCUT2D eigenvalue weighted by molar-refractivity contribution is 0.0616. The van der Waals surface area contributed by atoms with Crippen LogP contribution in [0.1, 0.15) is 0 Å². The number of anilines is 1. The lowest BCUT2D eigenvalue weighted by Crippen LogP contribution is -2.16. The Morgan fingerprint density at radius 1 is 1.50 bits per heavy atom. The highest BCUT2D eigenvalue weighted by Gasteiger charge is 2.02. The van der Waals surface area contributed by atoms with Crippen molar-refractivity contribution in [1.29, 1.82) is 0 Å². The quantitative estimate of drug-likeness (QED) is 0.675. The van der Waals surface area contributed by atoms with E-state index in [4.69, 9.17) is 15.7 Å². The summed E-state index contributed by atoms with van der Waals surface area (Å²) in [6.07, 6.45) is 1.69. The standard InChI is InChI=1S/C9H11N3O2/c10-8-2-1-7-6-11-12(9(7)5-8)14-4-3-13/h1-2,5-6,13H,3-4,10H2. The van der Waals surface area contributed by atoms with Gasteiger partial charge in [-0.05, 0) is 18.2 Å². The zero-order valence-electron chi connectivity index (χ0n) is 7.55. The number of fused-ring (bicyclic) bond motifs is 1. The Kier molecular flexibility index (Phi) is 2.24. The van der Waals surface area contributed by atoms with Crippen molar-refractivity contribution in [2.45, 2.75) is 0 Å². The highest BCUT2D eigenvalue weighted by molar-refractivity contribution is 5.81. The number of aliphatic hydroxyl groups is 1. The van der Waals surface area contributed by atoms with Crippen LogP contribution in [0.5, 0.6) is 0 Å². The molecule has 3 N–H and O–H groups in total. The van der Waals surface area contributed by atoms with Crippen molar-refractivity contribution < 1.29 is 9.94 Å². The maximum absolute atomic E-state index is 8.60. The lowest BCUT2D eigenvalue weighted by atomic mass is 10.2. The van der Waals surface area contributed by atoms with E-state index in [2.05, 4.69) is 5.10 Å². The lowest BCUT2D eigenvalue weighted by Gasteiger charge is -2.04. The van der Waals surface area contributed by atoms with Gasteiger partial charge < -0.3 is 15.7 Å². The van der Waals surface area contributed by atoms with Gasteiger partial charge >= 0.3 is 0 Å². The molecule has 0 atom stereocenters. The molecule has 1 heterocycles. The van der Waals surface area contributed by atoms with Crippen molar-refractivity contribution >= 4 is 16.6 Å². The molecule has 0 amide bonds. The molecule has 0 spiro atoms. The highest BCUT2D eigenvalue weighted by Crippen LogP contribution is 2.15. The second kappa shape index (κ2) is 3.55. The molecule has 0 aliphatic heterocycles.